The summed E-state index contributed by atoms with van der Waals surface area (Å²) in [6.45, 7) is 0. The van der Waals surface area contributed by atoms with E-state index in [1.165, 1.54) is 6.40 Å². The van der Waals surface area contributed by atoms with Crippen molar-refractivity contribution >= 4 is 12.1 Å². The van der Waals surface area contributed by atoms with Crippen molar-refractivity contribution in [3.8, 4) is 0 Å². The third-order valence-corrected chi connectivity index (χ3v) is 1.06. The fraction of sp³-hybridized carbons (Fsp3) is 0.125. The lowest BCUT2D eigenvalue weighted by molar-refractivity contribution is 0.423. The Morgan fingerprint density at radius 1 is 1.30 bits per heavy atom. The molecule has 0 fully saturated rings. The van der Waals surface area contributed by atoms with Crippen LogP contribution in [-0.4, -0.2) is 13.5 Å². The Bertz CT molecular complexity index is 206. The average Bonchev–Trinajstić information content (AvgIpc) is 2.03. The smallest absolute Gasteiger partial charge is 0.174 e. The molecule has 2 heteroatoms. The number of benzene rings is 1. The molecule has 10 heavy (non-hydrogen) atoms. The van der Waals surface area contributed by atoms with Gasteiger partial charge in [0.05, 0.1) is 12.8 Å². The molecular weight excluding hydrogens is 126 g/mol. The second kappa shape index (κ2) is 3.67. The van der Waals surface area contributed by atoms with E-state index in [1.54, 1.807) is 7.11 Å². The average molecular weight is 135 g/mol. The first-order chi connectivity index (χ1) is 4.93. The molecule has 0 heterocycles. The lowest BCUT2D eigenvalue weighted by atomic mass is 10.3. The zero-order chi connectivity index (χ0) is 7.23. The van der Waals surface area contributed by atoms with Crippen LogP contribution in [0, 0.1) is 0 Å². The van der Waals surface area contributed by atoms with E-state index >= 15 is 0 Å². The minimum absolute atomic E-state index is 0.907. The summed E-state index contributed by atoms with van der Waals surface area (Å²) in [7, 11) is 1.58. The maximum Gasteiger partial charge on any atom is 0.174 e. The molecule has 52 valence electrons. The Balaban J connectivity index is 2.67. The highest BCUT2D eigenvalue weighted by Crippen LogP contribution is 2.07. The monoisotopic (exact) mass is 135 g/mol. The van der Waals surface area contributed by atoms with Crippen molar-refractivity contribution in [2.75, 3.05) is 7.11 Å². The number of nitrogens with zero attached hydrogens (tertiary/aromatic N) is 1. The van der Waals surface area contributed by atoms with Gasteiger partial charge >= 0.3 is 0 Å². The number of hydrogen-bond acceptors (Lipinski definition) is 2. The maximum absolute atomic E-state index is 4.65. The van der Waals surface area contributed by atoms with Gasteiger partial charge in [0.25, 0.3) is 0 Å². The molecule has 0 aliphatic carbocycles. The van der Waals surface area contributed by atoms with Gasteiger partial charge in [-0.25, -0.2) is 4.99 Å². The molecule has 0 saturated carbocycles. The van der Waals surface area contributed by atoms with Crippen LogP contribution in [0.1, 0.15) is 0 Å². The predicted molar refractivity (Wildman–Crippen MR) is 41.6 cm³/mol. The normalized spacial score (nSPS) is 10.1. The van der Waals surface area contributed by atoms with E-state index in [2.05, 4.69) is 9.73 Å². The van der Waals surface area contributed by atoms with Crippen molar-refractivity contribution in [3.63, 3.8) is 0 Å². The van der Waals surface area contributed by atoms with E-state index in [0.717, 1.165) is 5.69 Å². The quantitative estimate of drug-likeness (QED) is 0.449. The number of para-hydroxylation sites is 1. The van der Waals surface area contributed by atoms with Crippen LogP contribution in [0.4, 0.5) is 5.69 Å². The van der Waals surface area contributed by atoms with Crippen molar-refractivity contribution in [1.82, 2.24) is 0 Å². The molecule has 0 unspecified atom stereocenters. The minimum atomic E-state index is 0.907. The van der Waals surface area contributed by atoms with Gasteiger partial charge in [0.15, 0.2) is 6.40 Å². The van der Waals surface area contributed by atoms with Gasteiger partial charge in [-0.15, -0.1) is 0 Å². The summed E-state index contributed by atoms with van der Waals surface area (Å²) in [5, 5.41) is 0. The van der Waals surface area contributed by atoms with E-state index in [-0.39, 0.29) is 0 Å². The summed E-state index contributed by atoms with van der Waals surface area (Å²) < 4.78 is 4.65. The van der Waals surface area contributed by atoms with Gasteiger partial charge in [0.1, 0.15) is 0 Å². The standard InChI is InChI=1S/C8H9NO/c1-10-7-9-8-5-3-2-4-6-8/h2-7H,1H3/b9-7-. The summed E-state index contributed by atoms with van der Waals surface area (Å²) in [4.78, 5) is 3.98. The van der Waals surface area contributed by atoms with Crippen LogP contribution >= 0.6 is 0 Å². The molecule has 0 spiro atoms. The molecule has 1 aromatic rings. The predicted octanol–water partition coefficient (Wildman–Crippen LogP) is 1.99. The zero-order valence-electron chi connectivity index (χ0n) is 5.82. The number of aliphatic imine (C=N–C) groups is 1. The van der Waals surface area contributed by atoms with Gasteiger partial charge in [-0.3, -0.25) is 0 Å². The summed E-state index contributed by atoms with van der Waals surface area (Å²) >= 11 is 0. The van der Waals surface area contributed by atoms with Gasteiger partial charge in [-0.05, 0) is 12.1 Å². The molecule has 1 rings (SSSR count). The molecule has 0 aliphatic heterocycles. The summed E-state index contributed by atoms with van der Waals surface area (Å²) in [6, 6.07) is 9.64. The Kier molecular flexibility index (Phi) is 2.49. The van der Waals surface area contributed by atoms with Crippen LogP contribution in [-0.2, 0) is 4.74 Å². The van der Waals surface area contributed by atoms with Gasteiger partial charge in [0, 0.05) is 0 Å². The fourth-order valence-electron chi connectivity index (χ4n) is 0.628. The van der Waals surface area contributed by atoms with Crippen LogP contribution in [0.3, 0.4) is 0 Å². The van der Waals surface area contributed by atoms with Crippen LogP contribution in [0.2, 0.25) is 0 Å². The fourth-order valence-corrected chi connectivity index (χ4v) is 0.628. The van der Waals surface area contributed by atoms with E-state index in [0.29, 0.717) is 0 Å². The van der Waals surface area contributed by atoms with Gasteiger partial charge in [0.2, 0.25) is 0 Å². The molecule has 0 atom stereocenters. The minimum Gasteiger partial charge on any atom is -0.486 e. The number of ether oxygens (including phenoxy) is 1. The second-order valence-corrected chi connectivity index (χ2v) is 1.81. The first kappa shape index (κ1) is 6.81. The number of methoxy groups -OCH3 is 1. The van der Waals surface area contributed by atoms with Crippen LogP contribution in [0.15, 0.2) is 35.3 Å². The van der Waals surface area contributed by atoms with Gasteiger partial charge in [-0.2, -0.15) is 0 Å². The highest BCUT2D eigenvalue weighted by molar-refractivity contribution is 5.54. The van der Waals surface area contributed by atoms with Crippen molar-refractivity contribution in [2.24, 2.45) is 4.99 Å². The number of hydrogen-bond donors (Lipinski definition) is 0. The molecule has 2 nitrogen and oxygen atoms in total. The molecule has 0 saturated heterocycles. The molecule has 0 amide bonds. The van der Waals surface area contributed by atoms with Crippen molar-refractivity contribution in [1.29, 1.82) is 0 Å². The lowest BCUT2D eigenvalue weighted by Crippen LogP contribution is -1.73. The molecule has 0 N–H and O–H groups in total. The van der Waals surface area contributed by atoms with Gasteiger partial charge in [-0.1, -0.05) is 18.2 Å². The topological polar surface area (TPSA) is 21.6 Å². The Labute approximate surface area is 60.2 Å². The molecular formula is C8H9NO. The zero-order valence-corrected chi connectivity index (χ0v) is 5.82. The third-order valence-electron chi connectivity index (χ3n) is 1.06. The summed E-state index contributed by atoms with van der Waals surface area (Å²) in [5.74, 6) is 0. The molecule has 1 aromatic carbocycles. The van der Waals surface area contributed by atoms with E-state index < -0.39 is 0 Å². The summed E-state index contributed by atoms with van der Waals surface area (Å²) in [6.07, 6.45) is 1.41. The molecule has 0 radical (unpaired) electrons. The van der Waals surface area contributed by atoms with Crippen molar-refractivity contribution < 1.29 is 4.74 Å². The summed E-state index contributed by atoms with van der Waals surface area (Å²) in [5.41, 5.74) is 0.907. The van der Waals surface area contributed by atoms with Gasteiger partial charge < -0.3 is 4.74 Å². The van der Waals surface area contributed by atoms with Crippen LogP contribution in [0.25, 0.3) is 0 Å². The van der Waals surface area contributed by atoms with Crippen molar-refractivity contribution in [3.05, 3.63) is 30.3 Å². The van der Waals surface area contributed by atoms with E-state index in [4.69, 9.17) is 0 Å². The SMILES string of the molecule is CO/C=N\c1ccccc1. The Hall–Kier alpha value is -1.31. The number of rotatable bonds is 2. The lowest BCUT2D eigenvalue weighted by Gasteiger charge is -1.89. The first-order valence-electron chi connectivity index (χ1n) is 3.04. The van der Waals surface area contributed by atoms with Crippen LogP contribution < -0.4 is 0 Å². The third kappa shape index (κ3) is 1.90. The first-order valence-corrected chi connectivity index (χ1v) is 3.04. The largest absolute Gasteiger partial charge is 0.486 e. The highest BCUT2D eigenvalue weighted by atomic mass is 16.5. The highest BCUT2D eigenvalue weighted by Gasteiger charge is 1.80. The Morgan fingerprint density at radius 2 is 2.00 bits per heavy atom. The molecule has 0 aromatic heterocycles. The molecule has 0 bridgehead atoms. The van der Waals surface area contributed by atoms with Crippen molar-refractivity contribution in [2.45, 2.75) is 0 Å². The van der Waals surface area contributed by atoms with E-state index in [9.17, 15) is 0 Å². The molecule has 0 aliphatic rings. The second-order valence-electron chi connectivity index (χ2n) is 1.81. The Morgan fingerprint density at radius 3 is 2.60 bits per heavy atom. The van der Waals surface area contributed by atoms with E-state index in [1.807, 2.05) is 30.3 Å². The maximum atomic E-state index is 4.65. The van der Waals surface area contributed by atoms with Crippen LogP contribution in [0.5, 0.6) is 0 Å².